The fourth-order valence-electron chi connectivity index (χ4n) is 0.667. The monoisotopic (exact) mass is 185 g/mol. The summed E-state index contributed by atoms with van der Waals surface area (Å²) in [5.74, 6) is 0. The first kappa shape index (κ1) is 8.67. The average Bonchev–Trinajstić information content (AvgIpc) is 2.03. The summed E-state index contributed by atoms with van der Waals surface area (Å²) < 4.78 is 0. The minimum absolute atomic E-state index is 0.634. The molecule has 0 bridgehead atoms. The van der Waals surface area contributed by atoms with Gasteiger partial charge in [0.15, 0.2) is 0 Å². The number of benzene rings is 1. The summed E-state index contributed by atoms with van der Waals surface area (Å²) in [4.78, 5) is 10.3. The van der Waals surface area contributed by atoms with Crippen LogP contribution in [0.3, 0.4) is 0 Å². The van der Waals surface area contributed by atoms with E-state index in [0.29, 0.717) is 5.02 Å². The van der Waals surface area contributed by atoms with Crippen molar-refractivity contribution in [3.63, 3.8) is 0 Å². The number of nitrogens with two attached hydrogens (primary N) is 1. The second-order valence-corrected chi connectivity index (χ2v) is 2.56. The molecule has 0 unspecified atom stereocenters. The summed E-state index contributed by atoms with van der Waals surface area (Å²) >= 11 is 5.63. The summed E-state index contributed by atoms with van der Waals surface area (Å²) in [5, 5.41) is 0.639. The minimum Gasteiger partial charge on any atom is -0.350 e. The predicted molar refractivity (Wildman–Crippen MR) is 47.8 cm³/mol. The molecule has 0 aliphatic carbocycles. The van der Waals surface area contributed by atoms with E-state index in [1.807, 2.05) is 0 Å². The number of nitrogens with one attached hydrogen (secondary N) is 2. The molecule has 0 aliphatic rings. The fourth-order valence-corrected chi connectivity index (χ4v) is 0.793. The van der Waals surface area contributed by atoms with Crippen LogP contribution >= 0.6 is 11.6 Å². The first-order valence-corrected chi connectivity index (χ1v) is 3.63. The zero-order valence-corrected chi connectivity index (χ0v) is 6.93. The van der Waals surface area contributed by atoms with E-state index >= 15 is 0 Å². The predicted octanol–water partition coefficient (Wildman–Crippen LogP) is 1.34. The number of primary amides is 1. The van der Waals surface area contributed by atoms with Gasteiger partial charge in [0.2, 0.25) is 0 Å². The van der Waals surface area contributed by atoms with Crippen LogP contribution in [0.1, 0.15) is 0 Å². The van der Waals surface area contributed by atoms with E-state index in [1.165, 1.54) is 0 Å². The molecule has 0 saturated carbocycles. The summed E-state index contributed by atoms with van der Waals surface area (Å²) in [7, 11) is 0. The molecule has 0 aliphatic heterocycles. The van der Waals surface area contributed by atoms with Crippen molar-refractivity contribution < 1.29 is 4.79 Å². The number of carbonyl (C=O) groups is 1. The van der Waals surface area contributed by atoms with Gasteiger partial charge in [0.05, 0.1) is 5.69 Å². The molecule has 0 atom stereocenters. The molecule has 0 aromatic heterocycles. The zero-order chi connectivity index (χ0) is 8.97. The Balaban J connectivity index is 2.53. The molecule has 0 saturated heterocycles. The fraction of sp³-hybridized carbons (Fsp3) is 0. The van der Waals surface area contributed by atoms with Gasteiger partial charge in [0.1, 0.15) is 0 Å². The third kappa shape index (κ3) is 2.67. The van der Waals surface area contributed by atoms with Crippen molar-refractivity contribution >= 4 is 23.3 Å². The van der Waals surface area contributed by atoms with E-state index in [9.17, 15) is 4.79 Å². The maximum atomic E-state index is 10.3. The quantitative estimate of drug-likeness (QED) is 0.609. The van der Waals surface area contributed by atoms with Crippen LogP contribution in [-0.2, 0) is 0 Å². The molecule has 12 heavy (non-hydrogen) atoms. The number of carbonyl (C=O) groups excluding carboxylic acids is 1. The number of hydrogen-bond acceptors (Lipinski definition) is 2. The van der Waals surface area contributed by atoms with Crippen molar-refractivity contribution in [2.75, 3.05) is 5.43 Å². The highest BCUT2D eigenvalue weighted by Crippen LogP contribution is 2.12. The molecule has 1 rings (SSSR count). The molecule has 5 heteroatoms. The number of halogens is 1. The Morgan fingerprint density at radius 3 is 2.42 bits per heavy atom. The van der Waals surface area contributed by atoms with Crippen molar-refractivity contribution in [1.82, 2.24) is 5.43 Å². The molecule has 1 aromatic carbocycles. The average molecular weight is 186 g/mol. The van der Waals surface area contributed by atoms with E-state index in [1.54, 1.807) is 24.3 Å². The molecule has 0 heterocycles. The van der Waals surface area contributed by atoms with Crippen LogP contribution in [0.25, 0.3) is 0 Å². The number of hydrazine groups is 1. The van der Waals surface area contributed by atoms with Crippen molar-refractivity contribution in [1.29, 1.82) is 0 Å². The number of rotatable bonds is 2. The van der Waals surface area contributed by atoms with Gasteiger partial charge in [-0.05, 0) is 24.3 Å². The highest BCUT2D eigenvalue weighted by atomic mass is 35.5. The lowest BCUT2D eigenvalue weighted by Crippen LogP contribution is -2.34. The van der Waals surface area contributed by atoms with Crippen LogP contribution in [-0.4, -0.2) is 6.03 Å². The Hall–Kier alpha value is -1.42. The van der Waals surface area contributed by atoms with Crippen LogP contribution in [0, 0.1) is 0 Å². The van der Waals surface area contributed by atoms with E-state index in [2.05, 4.69) is 10.9 Å². The highest BCUT2D eigenvalue weighted by molar-refractivity contribution is 6.30. The van der Waals surface area contributed by atoms with Gasteiger partial charge in [-0.2, -0.15) is 0 Å². The van der Waals surface area contributed by atoms with E-state index < -0.39 is 6.03 Å². The van der Waals surface area contributed by atoms with Gasteiger partial charge in [-0.15, -0.1) is 0 Å². The number of amides is 2. The third-order valence-electron chi connectivity index (χ3n) is 1.17. The van der Waals surface area contributed by atoms with Crippen LogP contribution in [0.5, 0.6) is 0 Å². The van der Waals surface area contributed by atoms with Crippen molar-refractivity contribution in [2.45, 2.75) is 0 Å². The summed E-state index contributed by atoms with van der Waals surface area (Å²) in [6.45, 7) is 0. The van der Waals surface area contributed by atoms with Gasteiger partial charge in [0, 0.05) is 5.02 Å². The molecule has 4 N–H and O–H groups in total. The lowest BCUT2D eigenvalue weighted by Gasteiger charge is -2.04. The van der Waals surface area contributed by atoms with E-state index in [-0.39, 0.29) is 0 Å². The lowest BCUT2D eigenvalue weighted by molar-refractivity contribution is 0.250. The molecule has 4 nitrogen and oxygen atoms in total. The van der Waals surface area contributed by atoms with Crippen LogP contribution in [0.15, 0.2) is 24.3 Å². The first-order chi connectivity index (χ1) is 5.68. The SMILES string of the molecule is NC(=O)NNc1ccc(Cl)cc1. The first-order valence-electron chi connectivity index (χ1n) is 3.25. The summed E-state index contributed by atoms with van der Waals surface area (Å²) in [6, 6.07) is 6.21. The van der Waals surface area contributed by atoms with Crippen LogP contribution in [0.2, 0.25) is 5.02 Å². The zero-order valence-electron chi connectivity index (χ0n) is 6.17. The normalized spacial score (nSPS) is 9.08. The third-order valence-corrected chi connectivity index (χ3v) is 1.43. The number of urea groups is 1. The van der Waals surface area contributed by atoms with Gasteiger partial charge in [-0.25, -0.2) is 4.79 Å². The maximum absolute atomic E-state index is 10.3. The standard InChI is InChI=1S/C7H8ClN3O/c8-5-1-3-6(4-2-5)10-11-7(9)12/h1-4,10H,(H3,9,11,12). The summed E-state index contributed by atoms with van der Waals surface area (Å²) in [5.41, 5.74) is 10.4. The highest BCUT2D eigenvalue weighted by Gasteiger charge is 1.92. The van der Waals surface area contributed by atoms with Crippen LogP contribution < -0.4 is 16.6 Å². The Kier molecular flexibility index (Phi) is 2.76. The molecule has 0 radical (unpaired) electrons. The van der Waals surface area contributed by atoms with E-state index in [4.69, 9.17) is 17.3 Å². The molecule has 0 spiro atoms. The Labute approximate surface area is 74.7 Å². The molecule has 2 amide bonds. The second-order valence-electron chi connectivity index (χ2n) is 2.12. The van der Waals surface area contributed by atoms with Gasteiger partial charge < -0.3 is 5.73 Å². The van der Waals surface area contributed by atoms with Gasteiger partial charge in [-0.1, -0.05) is 11.6 Å². The van der Waals surface area contributed by atoms with Crippen molar-refractivity contribution in [3.05, 3.63) is 29.3 Å². The maximum Gasteiger partial charge on any atom is 0.330 e. The number of hydrogen-bond donors (Lipinski definition) is 3. The Bertz CT molecular complexity index is 272. The minimum atomic E-state index is -0.634. The smallest absolute Gasteiger partial charge is 0.330 e. The van der Waals surface area contributed by atoms with Gasteiger partial charge in [0.25, 0.3) is 0 Å². The van der Waals surface area contributed by atoms with Gasteiger partial charge >= 0.3 is 6.03 Å². The summed E-state index contributed by atoms with van der Waals surface area (Å²) in [6.07, 6.45) is 0. The largest absolute Gasteiger partial charge is 0.350 e. The van der Waals surface area contributed by atoms with Crippen molar-refractivity contribution in [2.24, 2.45) is 5.73 Å². The molecule has 1 aromatic rings. The Morgan fingerprint density at radius 2 is 1.92 bits per heavy atom. The molecular formula is C7H8ClN3O. The van der Waals surface area contributed by atoms with Crippen LogP contribution in [0.4, 0.5) is 10.5 Å². The topological polar surface area (TPSA) is 67.2 Å². The van der Waals surface area contributed by atoms with Crippen molar-refractivity contribution in [3.8, 4) is 0 Å². The van der Waals surface area contributed by atoms with Gasteiger partial charge in [-0.3, -0.25) is 10.9 Å². The second kappa shape index (κ2) is 3.82. The lowest BCUT2D eigenvalue weighted by atomic mass is 10.3. The van der Waals surface area contributed by atoms with E-state index in [0.717, 1.165) is 5.69 Å². The Morgan fingerprint density at radius 1 is 1.33 bits per heavy atom. The number of anilines is 1. The molecule has 64 valence electrons. The molecular weight excluding hydrogens is 178 g/mol. The molecule has 0 fully saturated rings.